The second-order valence-corrected chi connectivity index (χ2v) is 7.16. The van der Waals surface area contributed by atoms with E-state index in [-0.39, 0.29) is 45.2 Å². The summed E-state index contributed by atoms with van der Waals surface area (Å²) in [5.74, 6) is -1.01. The van der Waals surface area contributed by atoms with E-state index in [1.54, 1.807) is 13.8 Å². The summed E-state index contributed by atoms with van der Waals surface area (Å²) in [4.78, 5) is 31.6. The van der Waals surface area contributed by atoms with E-state index in [0.717, 1.165) is 0 Å². The van der Waals surface area contributed by atoms with Crippen molar-refractivity contribution in [1.29, 1.82) is 0 Å². The Labute approximate surface area is 124 Å². The maximum absolute atomic E-state index is 11.3. The summed E-state index contributed by atoms with van der Waals surface area (Å²) in [5, 5.41) is 0. The SMILES string of the molecule is C=C(C)C(=O)OCCOCCOC(=O)CCP(=O)(O)CC. The van der Waals surface area contributed by atoms with E-state index < -0.39 is 19.3 Å². The molecule has 0 rings (SSSR count). The molecule has 0 heterocycles. The highest BCUT2D eigenvalue weighted by molar-refractivity contribution is 7.57. The van der Waals surface area contributed by atoms with Gasteiger partial charge in [-0.3, -0.25) is 9.36 Å². The molecule has 7 nitrogen and oxygen atoms in total. The molecule has 0 bridgehead atoms. The summed E-state index contributed by atoms with van der Waals surface area (Å²) in [5.41, 5.74) is 0.317. The molecular weight excluding hydrogens is 299 g/mol. The Hall–Kier alpha value is -1.17. The zero-order valence-corrected chi connectivity index (χ0v) is 13.4. The first-order valence-corrected chi connectivity index (χ1v) is 8.68. The van der Waals surface area contributed by atoms with E-state index in [0.29, 0.717) is 5.57 Å². The second-order valence-electron chi connectivity index (χ2n) is 4.39. The van der Waals surface area contributed by atoms with E-state index in [1.807, 2.05) is 0 Å². The molecule has 0 spiro atoms. The van der Waals surface area contributed by atoms with Crippen molar-refractivity contribution in [3.63, 3.8) is 0 Å². The van der Waals surface area contributed by atoms with Gasteiger partial charge in [0.1, 0.15) is 13.2 Å². The van der Waals surface area contributed by atoms with Gasteiger partial charge in [0.2, 0.25) is 7.37 Å². The largest absolute Gasteiger partial charge is 0.463 e. The average molecular weight is 322 g/mol. The topological polar surface area (TPSA) is 99.1 Å². The number of carbonyl (C=O) groups is 2. The highest BCUT2D eigenvalue weighted by atomic mass is 31.2. The molecule has 0 fully saturated rings. The van der Waals surface area contributed by atoms with Gasteiger partial charge >= 0.3 is 11.9 Å². The molecule has 1 N–H and O–H groups in total. The van der Waals surface area contributed by atoms with Crippen LogP contribution in [0.3, 0.4) is 0 Å². The number of hydrogen-bond donors (Lipinski definition) is 1. The van der Waals surface area contributed by atoms with Crippen LogP contribution in [0.5, 0.6) is 0 Å². The maximum atomic E-state index is 11.3. The molecule has 0 aromatic rings. The number of esters is 2. The minimum atomic E-state index is -3.19. The molecule has 1 atom stereocenters. The van der Waals surface area contributed by atoms with Crippen LogP contribution in [-0.2, 0) is 28.4 Å². The summed E-state index contributed by atoms with van der Waals surface area (Å²) < 4.78 is 26.0. The van der Waals surface area contributed by atoms with Crippen molar-refractivity contribution >= 4 is 19.3 Å². The smallest absolute Gasteiger partial charge is 0.333 e. The van der Waals surface area contributed by atoms with Crippen LogP contribution in [0.4, 0.5) is 0 Å². The second kappa shape index (κ2) is 10.5. The zero-order chi connectivity index (χ0) is 16.3. The van der Waals surface area contributed by atoms with Gasteiger partial charge in [-0.25, -0.2) is 4.79 Å². The third-order valence-electron chi connectivity index (χ3n) is 2.46. The first-order valence-electron chi connectivity index (χ1n) is 6.65. The van der Waals surface area contributed by atoms with Crippen LogP contribution >= 0.6 is 7.37 Å². The molecule has 0 radical (unpaired) electrons. The fraction of sp³-hybridized carbons (Fsp3) is 0.692. The van der Waals surface area contributed by atoms with Crippen LogP contribution in [-0.4, -0.2) is 55.6 Å². The standard InChI is InChI=1S/C13H23O7P/c1-4-21(16,17)10-5-12(14)19-8-6-18-7-9-20-13(15)11(2)3/h2,4-10H2,1,3H3,(H,16,17). The summed E-state index contributed by atoms with van der Waals surface area (Å²) in [7, 11) is -3.19. The van der Waals surface area contributed by atoms with Gasteiger partial charge in [0.05, 0.1) is 19.6 Å². The van der Waals surface area contributed by atoms with Crippen LogP contribution in [0.15, 0.2) is 12.2 Å². The van der Waals surface area contributed by atoms with Crippen molar-refractivity contribution in [2.75, 3.05) is 38.8 Å². The van der Waals surface area contributed by atoms with Gasteiger partial charge in [-0.05, 0) is 6.92 Å². The average Bonchev–Trinajstić information content (AvgIpc) is 2.43. The minimum absolute atomic E-state index is 0.0507. The fourth-order valence-electron chi connectivity index (χ4n) is 1.13. The molecule has 0 amide bonds. The van der Waals surface area contributed by atoms with E-state index in [1.165, 1.54) is 0 Å². The molecule has 21 heavy (non-hydrogen) atoms. The first kappa shape index (κ1) is 19.8. The Kier molecular flexibility index (Phi) is 9.95. The van der Waals surface area contributed by atoms with Crippen LogP contribution in [0.25, 0.3) is 0 Å². The highest BCUT2D eigenvalue weighted by Crippen LogP contribution is 2.40. The van der Waals surface area contributed by atoms with Crippen molar-refractivity contribution < 1.29 is 33.3 Å². The Bertz CT molecular complexity index is 405. The number of carbonyl (C=O) groups excluding carboxylic acids is 2. The monoisotopic (exact) mass is 322 g/mol. The minimum Gasteiger partial charge on any atom is -0.463 e. The summed E-state index contributed by atoms with van der Waals surface area (Å²) >= 11 is 0. The molecule has 0 aliphatic rings. The molecule has 0 aromatic heterocycles. The Balaban J connectivity index is 3.51. The molecule has 0 saturated carbocycles. The van der Waals surface area contributed by atoms with Crippen LogP contribution < -0.4 is 0 Å². The zero-order valence-electron chi connectivity index (χ0n) is 12.5. The normalized spacial score (nSPS) is 13.3. The summed E-state index contributed by atoms with van der Waals surface area (Å²) in [6, 6.07) is 0. The van der Waals surface area contributed by atoms with Crippen molar-refractivity contribution in [2.45, 2.75) is 20.3 Å². The van der Waals surface area contributed by atoms with Crippen molar-refractivity contribution in [3.05, 3.63) is 12.2 Å². The van der Waals surface area contributed by atoms with Crippen LogP contribution in [0.2, 0.25) is 0 Å². The Morgan fingerprint density at radius 3 is 2.24 bits per heavy atom. The van der Waals surface area contributed by atoms with Gasteiger partial charge in [-0.15, -0.1) is 0 Å². The molecule has 0 aliphatic carbocycles. The Morgan fingerprint density at radius 2 is 1.71 bits per heavy atom. The lowest BCUT2D eigenvalue weighted by Gasteiger charge is -2.09. The molecular formula is C13H23O7P. The quantitative estimate of drug-likeness (QED) is 0.265. The van der Waals surface area contributed by atoms with E-state index >= 15 is 0 Å². The molecule has 1 unspecified atom stereocenters. The highest BCUT2D eigenvalue weighted by Gasteiger charge is 2.17. The summed E-state index contributed by atoms with van der Waals surface area (Å²) in [6.45, 7) is 7.09. The molecule has 8 heteroatoms. The first-order chi connectivity index (χ1) is 9.78. The maximum Gasteiger partial charge on any atom is 0.333 e. The number of rotatable bonds is 11. The van der Waals surface area contributed by atoms with Crippen LogP contribution in [0.1, 0.15) is 20.3 Å². The predicted molar refractivity (Wildman–Crippen MR) is 77.4 cm³/mol. The van der Waals surface area contributed by atoms with Crippen LogP contribution in [0, 0.1) is 0 Å². The van der Waals surface area contributed by atoms with Gasteiger partial charge in [0, 0.05) is 17.9 Å². The third kappa shape index (κ3) is 11.2. The van der Waals surface area contributed by atoms with E-state index in [4.69, 9.17) is 14.2 Å². The lowest BCUT2D eigenvalue weighted by atomic mass is 10.4. The third-order valence-corrected chi connectivity index (χ3v) is 4.37. The predicted octanol–water partition coefficient (Wildman–Crippen LogP) is 1.35. The molecule has 0 saturated heterocycles. The fourth-order valence-corrected chi connectivity index (χ4v) is 1.98. The van der Waals surface area contributed by atoms with Gasteiger partial charge in [-0.1, -0.05) is 13.5 Å². The van der Waals surface area contributed by atoms with E-state index in [2.05, 4.69) is 6.58 Å². The summed E-state index contributed by atoms with van der Waals surface area (Å²) in [6.07, 6.45) is -0.00974. The number of hydrogen-bond acceptors (Lipinski definition) is 6. The van der Waals surface area contributed by atoms with Gasteiger partial charge < -0.3 is 19.1 Å². The number of ether oxygens (including phenoxy) is 3. The molecule has 0 aromatic carbocycles. The van der Waals surface area contributed by atoms with Crippen molar-refractivity contribution in [1.82, 2.24) is 0 Å². The van der Waals surface area contributed by atoms with Crippen molar-refractivity contribution in [3.8, 4) is 0 Å². The van der Waals surface area contributed by atoms with Gasteiger partial charge in [0.15, 0.2) is 0 Å². The van der Waals surface area contributed by atoms with Gasteiger partial charge in [-0.2, -0.15) is 0 Å². The lowest BCUT2D eigenvalue weighted by Crippen LogP contribution is -2.15. The van der Waals surface area contributed by atoms with Crippen molar-refractivity contribution in [2.24, 2.45) is 0 Å². The molecule has 122 valence electrons. The van der Waals surface area contributed by atoms with Gasteiger partial charge in [0.25, 0.3) is 0 Å². The Morgan fingerprint density at radius 1 is 1.14 bits per heavy atom. The lowest BCUT2D eigenvalue weighted by molar-refractivity contribution is -0.145. The molecule has 0 aliphatic heterocycles. The van der Waals surface area contributed by atoms with E-state index in [9.17, 15) is 19.0 Å².